The van der Waals surface area contributed by atoms with Crippen LogP contribution in [0.25, 0.3) is 27.2 Å². The number of nitrogens with zero attached hydrogens (tertiary/aromatic N) is 2. The summed E-state index contributed by atoms with van der Waals surface area (Å²) in [5.41, 5.74) is -2.90. The molecule has 2 aromatic heterocycles. The Balaban J connectivity index is 2.06. The Morgan fingerprint density at radius 1 is 0.929 bits per heavy atom. The summed E-state index contributed by atoms with van der Waals surface area (Å²) < 4.78 is 97.6. The van der Waals surface area contributed by atoms with Gasteiger partial charge in [0.2, 0.25) is 0 Å². The van der Waals surface area contributed by atoms with E-state index in [1.807, 2.05) is 0 Å². The van der Waals surface area contributed by atoms with Gasteiger partial charge in [-0.1, -0.05) is 6.07 Å². The molecule has 1 aliphatic carbocycles. The Kier molecular flexibility index (Phi) is 3.31. The van der Waals surface area contributed by atoms with Gasteiger partial charge in [0, 0.05) is 17.0 Å². The number of fused-ring (bicyclic) bond motifs is 5. The van der Waals surface area contributed by atoms with Crippen molar-refractivity contribution in [1.82, 2.24) is 9.61 Å². The molecule has 0 aliphatic heterocycles. The van der Waals surface area contributed by atoms with Gasteiger partial charge in [-0.15, -0.1) is 0 Å². The minimum atomic E-state index is -5.44. The Morgan fingerprint density at radius 3 is 2.29 bits per heavy atom. The van der Waals surface area contributed by atoms with Gasteiger partial charge in [-0.3, -0.25) is 0 Å². The van der Waals surface area contributed by atoms with Crippen LogP contribution < -0.4 is 0 Å². The molecular formula is C19H9F7N2. The van der Waals surface area contributed by atoms with Gasteiger partial charge >= 0.3 is 6.18 Å². The minimum Gasteiger partial charge on any atom is -0.235 e. The first-order valence-corrected chi connectivity index (χ1v) is 8.36. The third kappa shape index (κ3) is 2.25. The lowest BCUT2D eigenvalue weighted by atomic mass is 10.0. The van der Waals surface area contributed by atoms with E-state index in [4.69, 9.17) is 0 Å². The van der Waals surface area contributed by atoms with Crippen LogP contribution in [0.5, 0.6) is 0 Å². The average Bonchev–Trinajstić information content (AvgIpc) is 3.37. The fourth-order valence-electron chi connectivity index (χ4n) is 3.65. The summed E-state index contributed by atoms with van der Waals surface area (Å²) in [4.78, 5) is 0. The molecule has 28 heavy (non-hydrogen) atoms. The van der Waals surface area contributed by atoms with Crippen LogP contribution in [-0.4, -0.2) is 9.61 Å². The molecule has 1 fully saturated rings. The molecular weight excluding hydrogens is 389 g/mol. The van der Waals surface area contributed by atoms with Gasteiger partial charge in [0.05, 0.1) is 10.9 Å². The molecule has 5 rings (SSSR count). The second-order valence-electron chi connectivity index (χ2n) is 6.87. The number of benzene rings is 2. The largest absolute Gasteiger partial charge is 0.422 e. The molecule has 144 valence electrons. The maximum atomic E-state index is 14.7. The Hall–Kier alpha value is -2.84. The van der Waals surface area contributed by atoms with E-state index in [0.717, 1.165) is 23.4 Å². The Bertz CT molecular complexity index is 1300. The zero-order chi connectivity index (χ0) is 20.0. The average molecular weight is 398 g/mol. The zero-order valence-corrected chi connectivity index (χ0v) is 13.8. The van der Waals surface area contributed by atoms with E-state index in [2.05, 4.69) is 5.10 Å². The van der Waals surface area contributed by atoms with Gasteiger partial charge in [0.1, 0.15) is 16.9 Å². The summed E-state index contributed by atoms with van der Waals surface area (Å²) in [6.45, 7) is 0. The quantitative estimate of drug-likeness (QED) is 0.280. The molecule has 2 heterocycles. The van der Waals surface area contributed by atoms with Gasteiger partial charge in [0.25, 0.3) is 0 Å². The molecule has 0 N–H and O–H groups in total. The highest BCUT2D eigenvalue weighted by atomic mass is 19.4. The number of halogens is 7. The van der Waals surface area contributed by atoms with Crippen molar-refractivity contribution in [3.8, 4) is 0 Å². The van der Waals surface area contributed by atoms with E-state index >= 15 is 0 Å². The third-order valence-corrected chi connectivity index (χ3v) is 5.04. The van der Waals surface area contributed by atoms with Crippen molar-refractivity contribution < 1.29 is 30.7 Å². The standard InChI is InChI=1S/C19H9F7N2/c20-9-4-3-8-5-11(7-1-2-7)28-18(10(8)6-9)12-14(21)15(22)13(19(24,25)26)16(23)17(12)27-28/h3-7H,1-2H2. The van der Waals surface area contributed by atoms with Crippen molar-refractivity contribution in [1.29, 1.82) is 0 Å². The van der Waals surface area contributed by atoms with Crippen molar-refractivity contribution in [3.63, 3.8) is 0 Å². The van der Waals surface area contributed by atoms with E-state index in [-0.39, 0.29) is 16.8 Å². The van der Waals surface area contributed by atoms with Crippen molar-refractivity contribution in [2.75, 3.05) is 0 Å². The smallest absolute Gasteiger partial charge is 0.235 e. The molecule has 0 spiro atoms. The van der Waals surface area contributed by atoms with Gasteiger partial charge in [-0.05, 0) is 36.4 Å². The second-order valence-corrected chi connectivity index (χ2v) is 6.87. The summed E-state index contributed by atoms with van der Waals surface area (Å²) >= 11 is 0. The molecule has 0 radical (unpaired) electrons. The molecule has 0 saturated heterocycles. The van der Waals surface area contributed by atoms with E-state index in [1.165, 1.54) is 12.1 Å². The third-order valence-electron chi connectivity index (χ3n) is 5.04. The van der Waals surface area contributed by atoms with Crippen LogP contribution in [0.4, 0.5) is 30.7 Å². The topological polar surface area (TPSA) is 17.3 Å². The van der Waals surface area contributed by atoms with E-state index in [1.54, 1.807) is 6.07 Å². The van der Waals surface area contributed by atoms with Gasteiger partial charge in [-0.2, -0.15) is 18.3 Å². The molecule has 1 aliphatic rings. The maximum absolute atomic E-state index is 14.7. The fraction of sp³-hybridized carbons (Fsp3) is 0.211. The lowest BCUT2D eigenvalue weighted by Crippen LogP contribution is -2.13. The monoisotopic (exact) mass is 398 g/mol. The molecule has 4 aromatic rings. The summed E-state index contributed by atoms with van der Waals surface area (Å²) in [6.07, 6.45) is -3.90. The normalized spacial score (nSPS) is 15.2. The van der Waals surface area contributed by atoms with E-state index < -0.39 is 45.9 Å². The van der Waals surface area contributed by atoms with E-state index in [9.17, 15) is 30.7 Å². The van der Waals surface area contributed by atoms with Crippen LogP contribution in [-0.2, 0) is 6.18 Å². The first kappa shape index (κ1) is 17.3. The van der Waals surface area contributed by atoms with Crippen molar-refractivity contribution in [2.24, 2.45) is 0 Å². The number of pyridine rings is 1. The highest BCUT2D eigenvalue weighted by Gasteiger charge is 2.42. The Labute approximate surface area is 152 Å². The van der Waals surface area contributed by atoms with Crippen molar-refractivity contribution in [2.45, 2.75) is 24.9 Å². The van der Waals surface area contributed by atoms with Gasteiger partial charge in [0.15, 0.2) is 17.5 Å². The highest BCUT2D eigenvalue weighted by Crippen LogP contribution is 2.45. The summed E-state index contributed by atoms with van der Waals surface area (Å²) in [6, 6.07) is 5.29. The predicted octanol–water partition coefficient (Wildman–Crippen LogP) is 6.09. The van der Waals surface area contributed by atoms with Gasteiger partial charge in [-0.25, -0.2) is 22.1 Å². The van der Waals surface area contributed by atoms with Crippen LogP contribution >= 0.6 is 0 Å². The number of hydrogen-bond donors (Lipinski definition) is 0. The molecule has 2 aromatic carbocycles. The van der Waals surface area contributed by atoms with Gasteiger partial charge < -0.3 is 0 Å². The molecule has 0 amide bonds. The van der Waals surface area contributed by atoms with E-state index in [0.29, 0.717) is 11.1 Å². The van der Waals surface area contributed by atoms with Crippen LogP contribution in [0.3, 0.4) is 0 Å². The molecule has 9 heteroatoms. The molecule has 1 saturated carbocycles. The van der Waals surface area contributed by atoms with Crippen LogP contribution in [0.15, 0.2) is 24.3 Å². The lowest BCUT2D eigenvalue weighted by molar-refractivity contribution is -0.142. The summed E-state index contributed by atoms with van der Waals surface area (Å²) in [7, 11) is 0. The van der Waals surface area contributed by atoms with Crippen molar-refractivity contribution in [3.05, 3.63) is 58.8 Å². The zero-order valence-electron chi connectivity index (χ0n) is 13.8. The van der Waals surface area contributed by atoms with Crippen LogP contribution in [0.2, 0.25) is 0 Å². The molecule has 0 atom stereocenters. The summed E-state index contributed by atoms with van der Waals surface area (Å²) in [5.74, 6) is -6.87. The Morgan fingerprint density at radius 2 is 1.64 bits per heavy atom. The first-order valence-electron chi connectivity index (χ1n) is 8.36. The fourth-order valence-corrected chi connectivity index (χ4v) is 3.65. The predicted molar refractivity (Wildman–Crippen MR) is 87.0 cm³/mol. The molecule has 0 unspecified atom stereocenters. The van der Waals surface area contributed by atoms with Crippen LogP contribution in [0.1, 0.15) is 30.0 Å². The number of aromatic nitrogens is 2. The summed E-state index contributed by atoms with van der Waals surface area (Å²) in [5, 5.41) is 3.68. The lowest BCUT2D eigenvalue weighted by Gasteiger charge is -2.10. The minimum absolute atomic E-state index is 0.00400. The molecule has 2 nitrogen and oxygen atoms in total. The number of alkyl halides is 3. The van der Waals surface area contributed by atoms with Crippen LogP contribution in [0, 0.1) is 23.3 Å². The number of hydrogen-bond acceptors (Lipinski definition) is 1. The second kappa shape index (κ2) is 5.36. The van der Waals surface area contributed by atoms with Crippen molar-refractivity contribution >= 4 is 27.2 Å². The first-order chi connectivity index (χ1) is 13.2. The highest BCUT2D eigenvalue weighted by molar-refractivity contribution is 6.10. The maximum Gasteiger partial charge on any atom is 0.422 e. The molecule has 0 bridgehead atoms. The SMILES string of the molecule is Fc1ccc2cc(C3CC3)n3nc4c(F)c(C(F)(F)F)c(F)c(F)c4c3c2c1. The number of rotatable bonds is 1.